The van der Waals surface area contributed by atoms with E-state index < -0.39 is 10.0 Å². The van der Waals surface area contributed by atoms with E-state index in [-0.39, 0.29) is 10.6 Å². The molecule has 0 radical (unpaired) electrons. The van der Waals surface area contributed by atoms with Crippen molar-refractivity contribution in [2.45, 2.75) is 4.90 Å². The normalized spacial score (nSPS) is 11.4. The Balaban J connectivity index is 2.22. The summed E-state index contributed by atoms with van der Waals surface area (Å²) in [7, 11) is -0.973. The third-order valence-corrected chi connectivity index (χ3v) is 4.01. The molecule has 0 saturated heterocycles. The molecule has 8 heteroatoms. The van der Waals surface area contributed by atoms with Crippen molar-refractivity contribution in [2.75, 3.05) is 14.2 Å². The van der Waals surface area contributed by atoms with Gasteiger partial charge in [0.2, 0.25) is 0 Å². The van der Waals surface area contributed by atoms with E-state index in [1.54, 1.807) is 24.5 Å². The maximum Gasteiger partial charge on any atom is 0.280 e. The van der Waals surface area contributed by atoms with Crippen LogP contribution in [0.1, 0.15) is 5.56 Å². The Morgan fingerprint density at radius 3 is 2.50 bits per heavy atom. The summed E-state index contributed by atoms with van der Waals surface area (Å²) < 4.78 is 34.6. The SMILES string of the molecule is COc1ccc(S(=O)(=O)NN=Cc2ccncc2)c(OC)c1. The highest BCUT2D eigenvalue weighted by atomic mass is 32.2. The van der Waals surface area contributed by atoms with E-state index in [1.165, 1.54) is 38.6 Å². The zero-order valence-electron chi connectivity index (χ0n) is 12.1. The van der Waals surface area contributed by atoms with Gasteiger partial charge in [0.15, 0.2) is 0 Å². The van der Waals surface area contributed by atoms with Gasteiger partial charge in [-0.15, -0.1) is 0 Å². The molecule has 1 aromatic carbocycles. The van der Waals surface area contributed by atoms with Gasteiger partial charge >= 0.3 is 0 Å². The molecule has 1 heterocycles. The van der Waals surface area contributed by atoms with Crippen molar-refractivity contribution >= 4 is 16.2 Å². The number of pyridine rings is 1. The topological polar surface area (TPSA) is 89.9 Å². The van der Waals surface area contributed by atoms with Crippen molar-refractivity contribution in [1.29, 1.82) is 0 Å². The van der Waals surface area contributed by atoms with Gasteiger partial charge in [0, 0.05) is 18.5 Å². The van der Waals surface area contributed by atoms with E-state index in [2.05, 4.69) is 14.9 Å². The number of sulfonamides is 1. The molecule has 7 nitrogen and oxygen atoms in total. The van der Waals surface area contributed by atoms with Crippen LogP contribution in [0.4, 0.5) is 0 Å². The zero-order chi connectivity index (χ0) is 16.0. The van der Waals surface area contributed by atoms with Gasteiger partial charge in [0.1, 0.15) is 16.4 Å². The van der Waals surface area contributed by atoms with Gasteiger partial charge in [-0.2, -0.15) is 18.4 Å². The van der Waals surface area contributed by atoms with Crippen molar-refractivity contribution in [2.24, 2.45) is 5.10 Å². The van der Waals surface area contributed by atoms with E-state index in [9.17, 15) is 8.42 Å². The smallest absolute Gasteiger partial charge is 0.280 e. The molecule has 2 aromatic rings. The molecule has 0 amide bonds. The summed E-state index contributed by atoms with van der Waals surface area (Å²) >= 11 is 0. The van der Waals surface area contributed by atoms with Crippen molar-refractivity contribution in [3.63, 3.8) is 0 Å². The quantitative estimate of drug-likeness (QED) is 0.642. The first-order valence-corrected chi connectivity index (χ1v) is 7.72. The van der Waals surface area contributed by atoms with Crippen LogP contribution >= 0.6 is 0 Å². The summed E-state index contributed by atoms with van der Waals surface area (Å²) in [6, 6.07) is 7.81. The number of hydrazone groups is 1. The highest BCUT2D eigenvalue weighted by Crippen LogP contribution is 2.28. The van der Waals surface area contributed by atoms with E-state index in [1.807, 2.05) is 0 Å². The Bertz CT molecular complexity index is 761. The molecule has 22 heavy (non-hydrogen) atoms. The third-order valence-electron chi connectivity index (χ3n) is 2.75. The van der Waals surface area contributed by atoms with Gasteiger partial charge < -0.3 is 9.47 Å². The monoisotopic (exact) mass is 321 g/mol. The van der Waals surface area contributed by atoms with Crippen LogP contribution in [0.2, 0.25) is 0 Å². The van der Waals surface area contributed by atoms with Crippen LogP contribution in [0.15, 0.2) is 52.7 Å². The lowest BCUT2D eigenvalue weighted by Gasteiger charge is -2.10. The number of hydrogen-bond acceptors (Lipinski definition) is 6. The Kier molecular flexibility index (Phi) is 4.95. The molecule has 0 bridgehead atoms. The first kappa shape index (κ1) is 15.8. The predicted molar refractivity (Wildman–Crippen MR) is 81.7 cm³/mol. The number of aromatic nitrogens is 1. The molecule has 0 unspecified atom stereocenters. The van der Waals surface area contributed by atoms with Gasteiger partial charge in [-0.1, -0.05) is 0 Å². The number of ether oxygens (including phenoxy) is 2. The maximum absolute atomic E-state index is 12.2. The van der Waals surface area contributed by atoms with Crippen LogP contribution in [-0.4, -0.2) is 33.8 Å². The Hall–Kier alpha value is -2.61. The van der Waals surface area contributed by atoms with Crippen LogP contribution in [0.5, 0.6) is 11.5 Å². The molecular weight excluding hydrogens is 306 g/mol. The zero-order valence-corrected chi connectivity index (χ0v) is 12.9. The summed E-state index contributed by atoms with van der Waals surface area (Å²) in [6.45, 7) is 0. The molecular formula is C14H15N3O4S. The average molecular weight is 321 g/mol. The molecule has 1 aromatic heterocycles. The minimum Gasteiger partial charge on any atom is -0.497 e. The van der Waals surface area contributed by atoms with Crippen molar-refractivity contribution in [3.05, 3.63) is 48.3 Å². The molecule has 2 rings (SSSR count). The molecule has 0 aliphatic rings. The molecule has 1 N–H and O–H groups in total. The first-order valence-electron chi connectivity index (χ1n) is 6.24. The van der Waals surface area contributed by atoms with E-state index >= 15 is 0 Å². The van der Waals surface area contributed by atoms with Gasteiger partial charge in [-0.25, -0.2) is 0 Å². The summed E-state index contributed by atoms with van der Waals surface area (Å²) in [5.74, 6) is 0.669. The molecule has 0 atom stereocenters. The van der Waals surface area contributed by atoms with E-state index in [0.717, 1.165) is 5.56 Å². The van der Waals surface area contributed by atoms with Gasteiger partial charge in [-0.05, 0) is 29.8 Å². The minimum atomic E-state index is -3.84. The van der Waals surface area contributed by atoms with Crippen LogP contribution in [0.25, 0.3) is 0 Å². The molecule has 0 saturated carbocycles. The van der Waals surface area contributed by atoms with Crippen LogP contribution in [-0.2, 0) is 10.0 Å². The summed E-state index contributed by atoms with van der Waals surface area (Å²) in [5, 5.41) is 3.73. The number of methoxy groups -OCH3 is 2. The molecule has 0 aliphatic carbocycles. The number of rotatable bonds is 6. The van der Waals surface area contributed by atoms with Gasteiger partial charge in [0.05, 0.1) is 20.4 Å². The lowest BCUT2D eigenvalue weighted by atomic mass is 10.3. The first-order chi connectivity index (χ1) is 10.6. The highest BCUT2D eigenvalue weighted by Gasteiger charge is 2.19. The lowest BCUT2D eigenvalue weighted by molar-refractivity contribution is 0.386. The average Bonchev–Trinajstić information content (AvgIpc) is 2.55. The predicted octanol–water partition coefficient (Wildman–Crippen LogP) is 1.41. The Morgan fingerprint density at radius 1 is 1.14 bits per heavy atom. The fourth-order valence-electron chi connectivity index (χ4n) is 1.67. The molecule has 0 fully saturated rings. The third kappa shape index (κ3) is 3.73. The summed E-state index contributed by atoms with van der Waals surface area (Å²) in [4.78, 5) is 5.97. The van der Waals surface area contributed by atoms with Crippen LogP contribution in [0.3, 0.4) is 0 Å². The number of benzene rings is 1. The van der Waals surface area contributed by atoms with Crippen molar-refractivity contribution in [3.8, 4) is 11.5 Å². The number of nitrogens with zero attached hydrogens (tertiary/aromatic N) is 2. The second-order valence-corrected chi connectivity index (χ2v) is 5.78. The Morgan fingerprint density at radius 2 is 1.86 bits per heavy atom. The molecule has 0 aliphatic heterocycles. The molecule has 116 valence electrons. The van der Waals surface area contributed by atoms with Crippen molar-refractivity contribution < 1.29 is 17.9 Å². The van der Waals surface area contributed by atoms with Gasteiger partial charge in [0.25, 0.3) is 10.0 Å². The van der Waals surface area contributed by atoms with E-state index in [0.29, 0.717) is 5.75 Å². The lowest BCUT2D eigenvalue weighted by Crippen LogP contribution is -2.19. The number of hydrogen-bond donors (Lipinski definition) is 1. The van der Waals surface area contributed by atoms with E-state index in [4.69, 9.17) is 9.47 Å². The molecule has 0 spiro atoms. The fourth-order valence-corrected chi connectivity index (χ4v) is 2.61. The number of nitrogens with one attached hydrogen (secondary N) is 1. The van der Waals surface area contributed by atoms with Crippen molar-refractivity contribution in [1.82, 2.24) is 9.82 Å². The standard InChI is InChI=1S/C14H15N3O4S/c1-20-12-3-4-14(13(9-12)21-2)22(18,19)17-16-10-11-5-7-15-8-6-11/h3-10,17H,1-2H3. The second-order valence-electron chi connectivity index (χ2n) is 4.15. The fraction of sp³-hybridized carbons (Fsp3) is 0.143. The van der Waals surface area contributed by atoms with Crippen LogP contribution in [0, 0.1) is 0 Å². The largest absolute Gasteiger partial charge is 0.497 e. The minimum absolute atomic E-state index is 0.0253. The summed E-state index contributed by atoms with van der Waals surface area (Å²) in [6.07, 6.45) is 4.56. The van der Waals surface area contributed by atoms with Gasteiger partial charge in [-0.3, -0.25) is 4.98 Å². The van der Waals surface area contributed by atoms with Crippen LogP contribution < -0.4 is 14.3 Å². The highest BCUT2D eigenvalue weighted by molar-refractivity contribution is 7.89. The summed E-state index contributed by atoms with van der Waals surface area (Å²) in [5.41, 5.74) is 0.722. The maximum atomic E-state index is 12.2. The second kappa shape index (κ2) is 6.90. The Labute approximate surface area is 128 Å².